The highest BCUT2D eigenvalue weighted by Gasteiger charge is 2.18. The summed E-state index contributed by atoms with van der Waals surface area (Å²) < 4.78 is 5.12. The lowest BCUT2D eigenvalue weighted by atomic mass is 10.1. The highest BCUT2D eigenvalue weighted by atomic mass is 16.6. The smallest absolute Gasteiger partial charge is 0.407 e. The van der Waals surface area contributed by atoms with E-state index in [1.165, 1.54) is 0 Å². The molecule has 0 radical (unpaired) electrons. The van der Waals surface area contributed by atoms with E-state index >= 15 is 0 Å². The van der Waals surface area contributed by atoms with Gasteiger partial charge in [-0.2, -0.15) is 0 Å². The number of aliphatic hydroxyl groups excluding tert-OH is 1. The number of hydrogen-bond donors (Lipinski definition) is 4. The van der Waals surface area contributed by atoms with Crippen LogP contribution in [0.15, 0.2) is 24.3 Å². The van der Waals surface area contributed by atoms with Gasteiger partial charge in [-0.05, 0) is 51.3 Å². The summed E-state index contributed by atoms with van der Waals surface area (Å²) in [6.45, 7) is 10.8. The van der Waals surface area contributed by atoms with Crippen LogP contribution in [0.4, 0.5) is 10.5 Å². The Morgan fingerprint density at radius 2 is 1.66 bits per heavy atom. The molecule has 3 amide bonds. The Bertz CT molecular complexity index is 695. The molecule has 0 fully saturated rings. The van der Waals surface area contributed by atoms with Gasteiger partial charge in [-0.15, -0.1) is 0 Å². The minimum Gasteiger partial charge on any atom is -0.444 e. The van der Waals surface area contributed by atoms with Gasteiger partial charge in [-0.1, -0.05) is 26.0 Å². The quantitative estimate of drug-likeness (QED) is 0.529. The summed E-state index contributed by atoms with van der Waals surface area (Å²) in [6.07, 6.45) is -1.16. The number of carbonyl (C=O) groups excluding carboxylic acids is 3. The van der Waals surface area contributed by atoms with Gasteiger partial charge in [-0.3, -0.25) is 9.59 Å². The minimum atomic E-state index is -0.915. The van der Waals surface area contributed by atoms with Crippen LogP contribution in [0.25, 0.3) is 0 Å². The van der Waals surface area contributed by atoms with Gasteiger partial charge in [0.2, 0.25) is 11.8 Å². The summed E-state index contributed by atoms with van der Waals surface area (Å²) in [5, 5.41) is 18.1. The second-order valence-electron chi connectivity index (χ2n) is 8.40. The molecule has 0 heterocycles. The van der Waals surface area contributed by atoms with E-state index in [1.54, 1.807) is 52.0 Å². The lowest BCUT2D eigenvalue weighted by Crippen LogP contribution is -2.41. The molecule has 2 atom stereocenters. The Hall–Kier alpha value is -2.61. The summed E-state index contributed by atoms with van der Waals surface area (Å²) in [7, 11) is 0. The third kappa shape index (κ3) is 9.94. The first kappa shape index (κ1) is 24.4. The van der Waals surface area contributed by atoms with Crippen molar-refractivity contribution in [3.05, 3.63) is 29.8 Å². The van der Waals surface area contributed by atoms with E-state index in [9.17, 15) is 19.5 Å². The minimum absolute atomic E-state index is 0.000460. The zero-order chi connectivity index (χ0) is 22.2. The van der Waals surface area contributed by atoms with Crippen LogP contribution in [0.3, 0.4) is 0 Å². The van der Waals surface area contributed by atoms with E-state index in [-0.39, 0.29) is 24.3 Å². The Labute approximate surface area is 172 Å². The molecule has 0 aliphatic heterocycles. The standard InChI is InChI=1S/C21H33N3O5/c1-13(2)11-18(26)23-14(3)19(27)24-16-9-7-15(8-10-16)17(25)12-22-20(28)29-21(4,5)6/h7-10,13-14,17,25H,11-12H2,1-6H3,(H,22,28)(H,23,26)(H,24,27). The third-order valence-electron chi connectivity index (χ3n) is 3.77. The first-order valence-corrected chi connectivity index (χ1v) is 9.72. The van der Waals surface area contributed by atoms with E-state index in [4.69, 9.17) is 4.74 Å². The van der Waals surface area contributed by atoms with Crippen LogP contribution >= 0.6 is 0 Å². The maximum absolute atomic E-state index is 12.2. The second kappa shape index (κ2) is 10.8. The van der Waals surface area contributed by atoms with E-state index in [1.807, 2.05) is 13.8 Å². The van der Waals surface area contributed by atoms with Crippen LogP contribution in [-0.4, -0.2) is 41.2 Å². The van der Waals surface area contributed by atoms with Crippen molar-refractivity contribution in [2.24, 2.45) is 5.92 Å². The van der Waals surface area contributed by atoms with Crippen molar-refractivity contribution in [2.75, 3.05) is 11.9 Å². The Kier molecular flexibility index (Phi) is 9.10. The third-order valence-corrected chi connectivity index (χ3v) is 3.77. The molecule has 0 bridgehead atoms. The number of hydrogen-bond acceptors (Lipinski definition) is 5. The fourth-order valence-corrected chi connectivity index (χ4v) is 2.39. The van der Waals surface area contributed by atoms with Gasteiger partial charge in [0.15, 0.2) is 0 Å². The number of amides is 3. The van der Waals surface area contributed by atoms with Crippen molar-refractivity contribution in [1.82, 2.24) is 10.6 Å². The van der Waals surface area contributed by atoms with Gasteiger partial charge >= 0.3 is 6.09 Å². The predicted octanol–water partition coefficient (Wildman–Crippen LogP) is 2.73. The van der Waals surface area contributed by atoms with Crippen LogP contribution in [0, 0.1) is 5.92 Å². The van der Waals surface area contributed by atoms with Crippen LogP contribution in [0.1, 0.15) is 59.6 Å². The van der Waals surface area contributed by atoms with Crippen molar-refractivity contribution in [3.8, 4) is 0 Å². The molecule has 0 saturated heterocycles. The van der Waals surface area contributed by atoms with Crippen LogP contribution in [-0.2, 0) is 14.3 Å². The summed E-state index contributed by atoms with van der Waals surface area (Å²) in [6, 6.07) is 5.93. The normalized spacial score (nSPS) is 13.4. The number of rotatable bonds is 8. The van der Waals surface area contributed by atoms with Crippen LogP contribution < -0.4 is 16.0 Å². The molecule has 0 saturated carbocycles. The Balaban J connectivity index is 2.53. The topological polar surface area (TPSA) is 117 Å². The molecular formula is C21H33N3O5. The number of aliphatic hydroxyl groups is 1. The SMILES string of the molecule is CC(C)CC(=O)NC(C)C(=O)Nc1ccc(C(O)CNC(=O)OC(C)(C)C)cc1. The van der Waals surface area contributed by atoms with Gasteiger partial charge in [0.05, 0.1) is 12.6 Å². The molecule has 0 spiro atoms. The van der Waals surface area contributed by atoms with Gasteiger partial charge < -0.3 is 25.8 Å². The van der Waals surface area contributed by atoms with E-state index < -0.39 is 23.8 Å². The Morgan fingerprint density at radius 1 is 1.07 bits per heavy atom. The fraction of sp³-hybridized carbons (Fsp3) is 0.571. The Morgan fingerprint density at radius 3 is 2.17 bits per heavy atom. The summed E-state index contributed by atoms with van der Waals surface area (Å²) >= 11 is 0. The van der Waals surface area contributed by atoms with Crippen LogP contribution in [0.5, 0.6) is 0 Å². The highest BCUT2D eigenvalue weighted by molar-refractivity contribution is 5.96. The molecule has 4 N–H and O–H groups in total. The summed E-state index contributed by atoms with van der Waals surface area (Å²) in [5.74, 6) is -0.283. The number of anilines is 1. The molecule has 8 nitrogen and oxygen atoms in total. The molecular weight excluding hydrogens is 374 g/mol. The van der Waals surface area contributed by atoms with Crippen molar-refractivity contribution < 1.29 is 24.2 Å². The summed E-state index contributed by atoms with van der Waals surface area (Å²) in [4.78, 5) is 35.6. The summed E-state index contributed by atoms with van der Waals surface area (Å²) in [5.41, 5.74) is 0.508. The molecule has 1 rings (SSSR count). The molecule has 1 aromatic carbocycles. The molecule has 0 aromatic heterocycles. The first-order chi connectivity index (χ1) is 13.4. The number of benzene rings is 1. The fourth-order valence-electron chi connectivity index (χ4n) is 2.39. The van der Waals surface area contributed by atoms with E-state index in [2.05, 4.69) is 16.0 Å². The molecule has 0 aliphatic carbocycles. The zero-order valence-electron chi connectivity index (χ0n) is 18.0. The van der Waals surface area contributed by atoms with Gasteiger partial charge in [0, 0.05) is 12.1 Å². The zero-order valence-corrected chi connectivity index (χ0v) is 18.0. The van der Waals surface area contributed by atoms with Gasteiger partial charge in [0.1, 0.15) is 11.6 Å². The van der Waals surface area contributed by atoms with Gasteiger partial charge in [-0.25, -0.2) is 4.79 Å². The highest BCUT2D eigenvalue weighted by Crippen LogP contribution is 2.16. The molecule has 0 aliphatic rings. The molecule has 162 valence electrons. The lowest BCUT2D eigenvalue weighted by molar-refractivity contribution is -0.126. The maximum atomic E-state index is 12.2. The largest absolute Gasteiger partial charge is 0.444 e. The monoisotopic (exact) mass is 407 g/mol. The average molecular weight is 408 g/mol. The molecule has 29 heavy (non-hydrogen) atoms. The molecule has 2 unspecified atom stereocenters. The predicted molar refractivity (Wildman–Crippen MR) is 111 cm³/mol. The van der Waals surface area contributed by atoms with Crippen molar-refractivity contribution in [2.45, 2.75) is 65.7 Å². The van der Waals surface area contributed by atoms with Crippen LogP contribution in [0.2, 0.25) is 0 Å². The number of nitrogens with one attached hydrogen (secondary N) is 3. The lowest BCUT2D eigenvalue weighted by Gasteiger charge is -2.20. The van der Waals surface area contributed by atoms with Crippen molar-refractivity contribution >= 4 is 23.6 Å². The first-order valence-electron chi connectivity index (χ1n) is 9.72. The number of ether oxygens (including phenoxy) is 1. The number of carbonyl (C=O) groups is 3. The maximum Gasteiger partial charge on any atom is 0.407 e. The van der Waals surface area contributed by atoms with Crippen molar-refractivity contribution in [3.63, 3.8) is 0 Å². The second-order valence-corrected chi connectivity index (χ2v) is 8.40. The number of alkyl carbamates (subject to hydrolysis) is 1. The van der Waals surface area contributed by atoms with Gasteiger partial charge in [0.25, 0.3) is 0 Å². The van der Waals surface area contributed by atoms with E-state index in [0.717, 1.165) is 0 Å². The average Bonchev–Trinajstić information content (AvgIpc) is 2.58. The molecule has 8 heteroatoms. The molecule has 1 aromatic rings. The van der Waals surface area contributed by atoms with Crippen molar-refractivity contribution in [1.29, 1.82) is 0 Å². The van der Waals surface area contributed by atoms with E-state index in [0.29, 0.717) is 17.7 Å².